The van der Waals surface area contributed by atoms with Crippen LogP contribution < -0.4 is 4.90 Å². The minimum atomic E-state index is -0.324. The maximum Gasteiger partial charge on any atom is 0.146 e. The van der Waals surface area contributed by atoms with Crippen LogP contribution in [0.4, 0.5) is 10.1 Å². The zero-order valence-electron chi connectivity index (χ0n) is 11.5. The van der Waals surface area contributed by atoms with Gasteiger partial charge >= 0.3 is 0 Å². The normalized spacial score (nSPS) is 10.1. The third-order valence-corrected chi connectivity index (χ3v) is 3.41. The number of hydrogen-bond acceptors (Lipinski definition) is 3. The van der Waals surface area contributed by atoms with Gasteiger partial charge in [-0.25, -0.2) is 4.39 Å². The molecule has 1 aromatic carbocycles. The van der Waals surface area contributed by atoms with Gasteiger partial charge in [-0.3, -0.25) is 4.98 Å². The van der Waals surface area contributed by atoms with Crippen molar-refractivity contribution in [1.29, 1.82) is 5.26 Å². The van der Waals surface area contributed by atoms with Crippen molar-refractivity contribution in [3.8, 4) is 6.07 Å². The van der Waals surface area contributed by atoms with E-state index in [2.05, 4.69) is 11.1 Å². The zero-order valence-corrected chi connectivity index (χ0v) is 12.2. The second-order valence-electron chi connectivity index (χ2n) is 4.61. The van der Waals surface area contributed by atoms with Crippen molar-refractivity contribution in [2.24, 2.45) is 0 Å². The van der Waals surface area contributed by atoms with Gasteiger partial charge in [-0.1, -0.05) is 12.1 Å². The summed E-state index contributed by atoms with van der Waals surface area (Å²) in [5.74, 6) is -0.0483. The molecule has 0 N–H and O–H groups in total. The van der Waals surface area contributed by atoms with Crippen LogP contribution in [0.3, 0.4) is 0 Å². The molecule has 0 aliphatic carbocycles. The Bertz CT molecular complexity index is 625. The summed E-state index contributed by atoms with van der Waals surface area (Å²) in [7, 11) is 0. The van der Waals surface area contributed by atoms with Gasteiger partial charge in [0.15, 0.2) is 0 Å². The van der Waals surface area contributed by atoms with E-state index in [0.717, 1.165) is 11.1 Å². The van der Waals surface area contributed by atoms with E-state index in [1.54, 1.807) is 24.5 Å². The van der Waals surface area contributed by atoms with E-state index in [1.165, 1.54) is 6.07 Å². The van der Waals surface area contributed by atoms with Gasteiger partial charge in [0.1, 0.15) is 5.82 Å². The average Bonchev–Trinajstić information content (AvgIpc) is 2.52. The molecule has 0 aliphatic heterocycles. The van der Waals surface area contributed by atoms with Crippen LogP contribution in [-0.4, -0.2) is 11.5 Å². The molecule has 0 amide bonds. The van der Waals surface area contributed by atoms with Crippen molar-refractivity contribution >= 4 is 17.3 Å². The lowest BCUT2D eigenvalue weighted by atomic mass is 10.1. The largest absolute Gasteiger partial charge is 0.364 e. The molecular weight excluding hydrogens is 289 g/mol. The SMILES string of the molecule is N#CCCN(Cc1cccnc1)c1ccc(CCl)cc1F. The number of pyridine rings is 1. The molecule has 0 aliphatic rings. The molecule has 108 valence electrons. The topological polar surface area (TPSA) is 39.9 Å². The number of nitrogens with zero attached hydrogens (tertiary/aromatic N) is 3. The maximum absolute atomic E-state index is 14.2. The van der Waals surface area contributed by atoms with Gasteiger partial charge in [0.2, 0.25) is 0 Å². The van der Waals surface area contributed by atoms with Crippen molar-refractivity contribution in [1.82, 2.24) is 4.98 Å². The highest BCUT2D eigenvalue weighted by molar-refractivity contribution is 6.17. The molecular formula is C16H15ClFN3. The standard InChI is InChI=1S/C16H15ClFN3/c17-10-13-4-5-16(15(18)9-13)21(8-2-6-19)12-14-3-1-7-20-11-14/h1,3-5,7,9,11H,2,8,10,12H2. The summed E-state index contributed by atoms with van der Waals surface area (Å²) in [4.78, 5) is 5.90. The van der Waals surface area contributed by atoms with Gasteiger partial charge in [-0.2, -0.15) is 5.26 Å². The average molecular weight is 304 g/mol. The molecule has 0 saturated heterocycles. The molecule has 0 unspecified atom stereocenters. The van der Waals surface area contributed by atoms with E-state index in [9.17, 15) is 4.39 Å². The molecule has 1 aromatic heterocycles. The van der Waals surface area contributed by atoms with Gasteiger partial charge in [0.25, 0.3) is 0 Å². The fraction of sp³-hybridized carbons (Fsp3) is 0.250. The Balaban J connectivity index is 2.25. The summed E-state index contributed by atoms with van der Waals surface area (Å²) in [5.41, 5.74) is 2.18. The Labute approximate surface area is 128 Å². The quantitative estimate of drug-likeness (QED) is 0.760. The number of hydrogen-bond donors (Lipinski definition) is 0. The molecule has 3 nitrogen and oxygen atoms in total. The number of halogens is 2. The Morgan fingerprint density at radius 1 is 1.29 bits per heavy atom. The molecule has 0 radical (unpaired) electrons. The second-order valence-corrected chi connectivity index (χ2v) is 4.88. The van der Waals surface area contributed by atoms with E-state index >= 15 is 0 Å². The molecule has 0 bridgehead atoms. The fourth-order valence-electron chi connectivity index (χ4n) is 2.07. The highest BCUT2D eigenvalue weighted by atomic mass is 35.5. The van der Waals surface area contributed by atoms with Crippen molar-refractivity contribution in [2.75, 3.05) is 11.4 Å². The van der Waals surface area contributed by atoms with Crippen LogP contribution >= 0.6 is 11.6 Å². The lowest BCUT2D eigenvalue weighted by Gasteiger charge is -2.24. The molecule has 0 saturated carbocycles. The summed E-state index contributed by atoms with van der Waals surface area (Å²) < 4.78 is 14.2. The minimum Gasteiger partial charge on any atom is -0.364 e. The van der Waals surface area contributed by atoms with Crippen molar-refractivity contribution < 1.29 is 4.39 Å². The van der Waals surface area contributed by atoms with Crippen LogP contribution in [0.1, 0.15) is 17.5 Å². The van der Waals surface area contributed by atoms with E-state index in [4.69, 9.17) is 16.9 Å². The summed E-state index contributed by atoms with van der Waals surface area (Å²) in [5, 5.41) is 8.78. The van der Waals surface area contributed by atoms with Crippen LogP contribution in [0.25, 0.3) is 0 Å². The summed E-state index contributed by atoms with van der Waals surface area (Å²) in [6.45, 7) is 0.967. The van der Waals surface area contributed by atoms with Crippen molar-refractivity contribution in [2.45, 2.75) is 18.8 Å². The lowest BCUT2D eigenvalue weighted by molar-refractivity contribution is 0.614. The third-order valence-electron chi connectivity index (χ3n) is 3.10. The van der Waals surface area contributed by atoms with Crippen LogP contribution in [0.2, 0.25) is 0 Å². The van der Waals surface area contributed by atoms with Gasteiger partial charge in [0, 0.05) is 31.4 Å². The predicted octanol–water partition coefficient (Wildman–Crippen LogP) is 3.88. The minimum absolute atomic E-state index is 0.276. The maximum atomic E-state index is 14.2. The third kappa shape index (κ3) is 4.17. The van der Waals surface area contributed by atoms with Crippen molar-refractivity contribution in [3.05, 3.63) is 59.7 Å². The van der Waals surface area contributed by atoms with E-state index in [-0.39, 0.29) is 11.7 Å². The second kappa shape index (κ2) is 7.61. The Hall–Kier alpha value is -2.12. The van der Waals surface area contributed by atoms with Crippen LogP contribution in [0, 0.1) is 17.1 Å². The van der Waals surface area contributed by atoms with Gasteiger partial charge in [-0.15, -0.1) is 11.6 Å². The number of anilines is 1. The Kier molecular flexibility index (Phi) is 5.53. The molecule has 5 heteroatoms. The van der Waals surface area contributed by atoms with E-state index < -0.39 is 0 Å². The van der Waals surface area contributed by atoms with Crippen LogP contribution in [0.15, 0.2) is 42.7 Å². The molecule has 21 heavy (non-hydrogen) atoms. The van der Waals surface area contributed by atoms with Gasteiger partial charge in [-0.05, 0) is 29.3 Å². The number of nitriles is 1. The van der Waals surface area contributed by atoms with Crippen molar-refractivity contribution in [3.63, 3.8) is 0 Å². The van der Waals surface area contributed by atoms with E-state index in [0.29, 0.717) is 25.2 Å². The Morgan fingerprint density at radius 3 is 2.76 bits per heavy atom. The lowest BCUT2D eigenvalue weighted by Crippen LogP contribution is -2.24. The Morgan fingerprint density at radius 2 is 2.14 bits per heavy atom. The monoisotopic (exact) mass is 303 g/mol. The highest BCUT2D eigenvalue weighted by Crippen LogP contribution is 2.23. The smallest absolute Gasteiger partial charge is 0.146 e. The first-order valence-electron chi connectivity index (χ1n) is 6.60. The van der Waals surface area contributed by atoms with Crippen LogP contribution in [0.5, 0.6) is 0 Å². The fourth-order valence-corrected chi connectivity index (χ4v) is 2.24. The molecule has 2 aromatic rings. The molecule has 0 atom stereocenters. The number of benzene rings is 1. The first-order valence-corrected chi connectivity index (χ1v) is 7.13. The molecule has 2 rings (SSSR count). The summed E-state index contributed by atoms with van der Waals surface area (Å²) >= 11 is 5.71. The number of aromatic nitrogens is 1. The molecule has 0 fully saturated rings. The summed E-state index contributed by atoms with van der Waals surface area (Å²) in [6.07, 6.45) is 3.76. The molecule has 0 spiro atoms. The summed E-state index contributed by atoms with van der Waals surface area (Å²) in [6, 6.07) is 10.8. The first-order chi connectivity index (χ1) is 10.2. The number of alkyl halides is 1. The van der Waals surface area contributed by atoms with E-state index in [1.807, 2.05) is 17.0 Å². The van der Waals surface area contributed by atoms with Gasteiger partial charge in [0.05, 0.1) is 18.2 Å². The zero-order chi connectivity index (χ0) is 15.1. The molecule has 1 heterocycles. The first kappa shape index (κ1) is 15.3. The van der Waals surface area contributed by atoms with Crippen LogP contribution in [-0.2, 0) is 12.4 Å². The van der Waals surface area contributed by atoms with Gasteiger partial charge < -0.3 is 4.90 Å². The highest BCUT2D eigenvalue weighted by Gasteiger charge is 2.12. The number of rotatable bonds is 6. The predicted molar refractivity (Wildman–Crippen MR) is 81.5 cm³/mol.